The Balaban J connectivity index is 4.64. The highest BCUT2D eigenvalue weighted by molar-refractivity contribution is 7.47. The molecule has 0 rings (SSSR count). The average Bonchev–Trinajstić information content (AvgIpc) is 0.911. The second-order valence-corrected chi connectivity index (χ2v) is 29.0. The van der Waals surface area contributed by atoms with Crippen LogP contribution in [0.5, 0.6) is 0 Å². The quantitative estimate of drug-likeness (QED) is 0.0146. The van der Waals surface area contributed by atoms with Gasteiger partial charge in [-0.15, -0.1) is 0 Å². The Morgan fingerprint density at radius 2 is 0.476 bits per heavy atom. The van der Waals surface area contributed by atoms with Gasteiger partial charge in [-0.2, -0.15) is 0 Å². The fourth-order valence-electron chi connectivity index (χ4n) is 10.1. The van der Waals surface area contributed by atoms with Crippen molar-refractivity contribution in [1.82, 2.24) is 0 Å². The molecule has 0 bridgehead atoms. The van der Waals surface area contributed by atoms with Crippen LogP contribution in [0.15, 0.2) is 182 Å². The lowest BCUT2D eigenvalue weighted by molar-refractivity contribution is -0.161. The highest BCUT2D eigenvalue weighted by Gasteiger charge is 2.29. The maximum Gasteiger partial charge on any atom is 0.472 e. The number of hydrogen-bond acceptors (Lipinski definition) is 14. The molecule has 0 aromatic rings. The molecule has 16 nitrogen and oxygen atoms in total. The molecule has 0 aliphatic rings. The molecule has 5 atom stereocenters. The summed E-state index contributed by atoms with van der Waals surface area (Å²) in [6, 6.07) is 0. The Labute approximate surface area is 636 Å². The second-order valence-electron chi connectivity index (χ2n) is 26.1. The van der Waals surface area contributed by atoms with Crippen molar-refractivity contribution in [3.63, 3.8) is 0 Å². The van der Waals surface area contributed by atoms with Crippen LogP contribution in [0.3, 0.4) is 0 Å². The van der Waals surface area contributed by atoms with E-state index in [0.717, 1.165) is 199 Å². The molecule has 0 fully saturated rings. The van der Waals surface area contributed by atoms with Crippen molar-refractivity contribution in [3.8, 4) is 0 Å². The van der Waals surface area contributed by atoms with Gasteiger partial charge in [0.05, 0.1) is 26.4 Å². The molecule has 0 aromatic carbocycles. The molecule has 18 heteroatoms. The summed E-state index contributed by atoms with van der Waals surface area (Å²) in [5, 5.41) is 20.7. The minimum absolute atomic E-state index is 0.0770. The number of esters is 3. The third-order valence-corrected chi connectivity index (χ3v) is 18.0. The number of phosphoric acid groups is 2. The summed E-state index contributed by atoms with van der Waals surface area (Å²) < 4.78 is 61.2. The highest BCUT2D eigenvalue weighted by Crippen LogP contribution is 2.45. The Bertz CT molecular complexity index is 2640. The zero-order chi connectivity index (χ0) is 76.6. The molecule has 596 valence electrons. The van der Waals surface area contributed by atoms with Crippen LogP contribution in [0.4, 0.5) is 0 Å². The largest absolute Gasteiger partial charge is 0.472 e. The van der Waals surface area contributed by atoms with Gasteiger partial charge in [-0.1, -0.05) is 299 Å². The van der Waals surface area contributed by atoms with Crippen molar-refractivity contribution < 1.29 is 75.8 Å². The standard InChI is InChI=1S/C87H142O16P2/c1-4-7-10-13-16-19-22-25-28-31-34-36-37-38-39-40-41-42-43-45-48-49-52-55-58-61-64-67-70-73-85(90)97-76-82(88)77-99-104(93,94)100-78-83(89)79-101-105(95,96)102-81-84(103-87(92)75-72-69-66-63-60-57-54-51-46-33-30-27-24-21-18-15-12-9-6-3)80-98-86(91)74-71-68-65-62-59-56-53-50-47-44-35-32-29-26-23-20-17-14-11-8-5-2/h7-12,16-21,25-30,34-36,38-39,41-42,44,46,50-51,53,82-84,88-89H,4-6,13-15,22-24,31-33,37,40,43,45,47-49,52,54-81H2,1-3H3,(H,93,94)(H,95,96)/b10-7-,11-8-,12-9-,19-16-,20-17-,21-18-,28-25-,29-26-,30-27-,36-34-,39-38-,42-41-,44-35-,51-46-,53-50-. The predicted octanol–water partition coefficient (Wildman–Crippen LogP) is 23.8. The Morgan fingerprint density at radius 1 is 0.267 bits per heavy atom. The topological polar surface area (TPSA) is 231 Å². The number of phosphoric ester groups is 2. The molecule has 0 heterocycles. The number of ether oxygens (including phenoxy) is 3. The molecule has 0 radical (unpaired) electrons. The van der Waals surface area contributed by atoms with Gasteiger partial charge in [0.25, 0.3) is 0 Å². The fraction of sp³-hybridized carbons (Fsp3) is 0.621. The average molecular weight is 1510 g/mol. The first-order valence-electron chi connectivity index (χ1n) is 40.1. The highest BCUT2D eigenvalue weighted by atomic mass is 31.2. The van der Waals surface area contributed by atoms with Gasteiger partial charge >= 0.3 is 33.6 Å². The number of hydrogen-bond donors (Lipinski definition) is 4. The zero-order valence-corrected chi connectivity index (χ0v) is 66.9. The van der Waals surface area contributed by atoms with E-state index in [1.807, 2.05) is 0 Å². The first kappa shape index (κ1) is 99.7. The first-order valence-corrected chi connectivity index (χ1v) is 43.1. The molecule has 0 aliphatic heterocycles. The number of unbranched alkanes of at least 4 members (excludes halogenated alkanes) is 21. The zero-order valence-electron chi connectivity index (χ0n) is 65.1. The van der Waals surface area contributed by atoms with Crippen molar-refractivity contribution >= 4 is 33.6 Å². The molecular formula is C87H142O16P2. The van der Waals surface area contributed by atoms with Crippen molar-refractivity contribution in [2.24, 2.45) is 0 Å². The molecule has 0 amide bonds. The van der Waals surface area contributed by atoms with Gasteiger partial charge in [-0.3, -0.25) is 32.5 Å². The molecule has 0 aromatic heterocycles. The van der Waals surface area contributed by atoms with Gasteiger partial charge in [-0.25, -0.2) is 9.13 Å². The maximum atomic E-state index is 13.0. The van der Waals surface area contributed by atoms with E-state index >= 15 is 0 Å². The third-order valence-electron chi connectivity index (χ3n) is 16.1. The van der Waals surface area contributed by atoms with Crippen LogP contribution >= 0.6 is 15.6 Å². The van der Waals surface area contributed by atoms with E-state index in [1.165, 1.54) is 32.1 Å². The van der Waals surface area contributed by atoms with Gasteiger partial charge in [0, 0.05) is 19.3 Å². The van der Waals surface area contributed by atoms with E-state index in [1.54, 1.807) is 0 Å². The molecule has 0 spiro atoms. The number of rotatable bonds is 74. The number of aliphatic hydroxyl groups excluding tert-OH is 2. The normalized spacial score (nSPS) is 14.9. The summed E-state index contributed by atoms with van der Waals surface area (Å²) in [5.74, 6) is -1.63. The SMILES string of the molecule is CC/C=C\C/C=C\C/C=C\C/C=C\C/C=C\C/C=C\CCCCCCCCCCCCC(=O)OCC(O)COP(=O)(O)OCC(O)COP(=O)(O)OCC(COC(=O)CCCCCCC/C=C\C/C=C\C/C=C\C/C=C\C/C=C\CC)OC(=O)CCCCCCCC/C=C\C/C=C\C/C=C\C/C=C\CC. The van der Waals surface area contributed by atoms with Gasteiger partial charge in [0.2, 0.25) is 0 Å². The molecular weight excluding hydrogens is 1360 g/mol. The summed E-state index contributed by atoms with van der Waals surface area (Å²) in [7, 11) is -9.82. The van der Waals surface area contributed by atoms with E-state index in [0.29, 0.717) is 19.3 Å². The van der Waals surface area contributed by atoms with Crippen molar-refractivity contribution in [1.29, 1.82) is 0 Å². The molecule has 4 N–H and O–H groups in total. The van der Waals surface area contributed by atoms with Gasteiger partial charge in [-0.05, 0) is 154 Å². The van der Waals surface area contributed by atoms with E-state index in [9.17, 15) is 43.5 Å². The third kappa shape index (κ3) is 79.5. The maximum absolute atomic E-state index is 13.0. The Morgan fingerprint density at radius 3 is 0.752 bits per heavy atom. The molecule has 5 unspecified atom stereocenters. The van der Waals surface area contributed by atoms with Crippen LogP contribution in [0.2, 0.25) is 0 Å². The van der Waals surface area contributed by atoms with Crippen LogP contribution in [-0.4, -0.2) is 95.9 Å². The number of allylic oxidation sites excluding steroid dienone is 30. The Hall–Kier alpha value is -5.35. The molecule has 0 saturated carbocycles. The molecule has 105 heavy (non-hydrogen) atoms. The van der Waals surface area contributed by atoms with Gasteiger partial charge < -0.3 is 34.2 Å². The van der Waals surface area contributed by atoms with Crippen molar-refractivity contribution in [3.05, 3.63) is 182 Å². The number of carbonyl (C=O) groups is 3. The van der Waals surface area contributed by atoms with E-state index in [2.05, 4.69) is 203 Å². The van der Waals surface area contributed by atoms with Crippen LogP contribution in [0.25, 0.3) is 0 Å². The van der Waals surface area contributed by atoms with E-state index in [-0.39, 0.29) is 19.3 Å². The minimum Gasteiger partial charge on any atom is -0.463 e. The summed E-state index contributed by atoms with van der Waals surface area (Å²) >= 11 is 0. The number of aliphatic hydroxyl groups is 2. The van der Waals surface area contributed by atoms with E-state index < -0.39 is 91.5 Å². The van der Waals surface area contributed by atoms with Crippen molar-refractivity contribution in [2.75, 3.05) is 39.6 Å². The molecule has 0 saturated heterocycles. The summed E-state index contributed by atoms with van der Waals surface area (Å²) in [6.07, 6.45) is 101. The minimum atomic E-state index is -4.95. The second kappa shape index (κ2) is 78.2. The lowest BCUT2D eigenvalue weighted by Crippen LogP contribution is -2.30. The lowest BCUT2D eigenvalue weighted by Gasteiger charge is -2.21. The fourth-order valence-corrected chi connectivity index (χ4v) is 11.7. The monoisotopic (exact) mass is 1500 g/mol. The van der Waals surface area contributed by atoms with E-state index in [4.69, 9.17) is 32.3 Å². The van der Waals surface area contributed by atoms with Crippen LogP contribution in [-0.2, 0) is 55.8 Å². The van der Waals surface area contributed by atoms with Crippen LogP contribution < -0.4 is 0 Å². The van der Waals surface area contributed by atoms with Gasteiger partial charge in [0.15, 0.2) is 6.10 Å². The summed E-state index contributed by atoms with van der Waals surface area (Å²) in [6.45, 7) is 2.29. The summed E-state index contributed by atoms with van der Waals surface area (Å²) in [4.78, 5) is 58.7. The number of carbonyl (C=O) groups excluding carboxylic acids is 3. The first-order chi connectivity index (χ1) is 51.2. The van der Waals surface area contributed by atoms with Crippen LogP contribution in [0, 0.1) is 0 Å². The molecule has 0 aliphatic carbocycles. The Kier molecular flexibility index (Phi) is 74.3. The summed E-state index contributed by atoms with van der Waals surface area (Å²) in [5.41, 5.74) is 0. The lowest BCUT2D eigenvalue weighted by atomic mass is 10.1. The van der Waals surface area contributed by atoms with Crippen LogP contribution in [0.1, 0.15) is 290 Å². The van der Waals surface area contributed by atoms with Gasteiger partial charge in [0.1, 0.15) is 25.4 Å². The van der Waals surface area contributed by atoms with Crippen molar-refractivity contribution in [2.45, 2.75) is 309 Å². The smallest absolute Gasteiger partial charge is 0.463 e. The predicted molar refractivity (Wildman–Crippen MR) is 435 cm³/mol.